The summed E-state index contributed by atoms with van der Waals surface area (Å²) in [5.74, 6) is -0.351. The SMILES string of the molecule is CCCC1CC(NC(C)=O)CN(CC(=O)O)C1. The minimum absolute atomic E-state index is 0.0394. The second-order valence-electron chi connectivity index (χ2n) is 4.88. The molecule has 2 atom stereocenters. The molecule has 1 saturated heterocycles. The van der Waals surface area contributed by atoms with Gasteiger partial charge in [-0.05, 0) is 18.8 Å². The Morgan fingerprint density at radius 3 is 2.65 bits per heavy atom. The lowest BCUT2D eigenvalue weighted by atomic mass is 9.90. The number of carboxylic acid groups (broad SMARTS) is 1. The smallest absolute Gasteiger partial charge is 0.317 e. The van der Waals surface area contributed by atoms with E-state index in [2.05, 4.69) is 12.2 Å². The number of likely N-dealkylation sites (tertiary alicyclic amines) is 1. The summed E-state index contributed by atoms with van der Waals surface area (Å²) in [4.78, 5) is 23.7. The number of amides is 1. The molecule has 0 aliphatic carbocycles. The molecule has 0 aromatic rings. The molecule has 2 unspecified atom stereocenters. The second kappa shape index (κ2) is 6.59. The molecule has 0 radical (unpaired) electrons. The van der Waals surface area contributed by atoms with Crippen molar-refractivity contribution in [3.8, 4) is 0 Å². The molecular formula is C12H22N2O3. The summed E-state index contributed by atoms with van der Waals surface area (Å²) >= 11 is 0. The highest BCUT2D eigenvalue weighted by Crippen LogP contribution is 2.21. The number of carboxylic acids is 1. The monoisotopic (exact) mass is 242 g/mol. The molecule has 0 aromatic carbocycles. The lowest BCUT2D eigenvalue weighted by molar-refractivity contribution is -0.138. The van der Waals surface area contributed by atoms with Crippen LogP contribution < -0.4 is 5.32 Å². The van der Waals surface area contributed by atoms with Crippen molar-refractivity contribution in [1.29, 1.82) is 0 Å². The Bertz CT molecular complexity index is 257. The highest BCUT2D eigenvalue weighted by Gasteiger charge is 2.28. The summed E-state index contributed by atoms with van der Waals surface area (Å²) in [6.07, 6.45) is 3.15. The van der Waals surface area contributed by atoms with Gasteiger partial charge in [0.15, 0.2) is 0 Å². The highest BCUT2D eigenvalue weighted by atomic mass is 16.4. The van der Waals surface area contributed by atoms with Crippen LogP contribution in [0.4, 0.5) is 0 Å². The van der Waals surface area contributed by atoms with E-state index in [1.54, 1.807) is 0 Å². The molecule has 1 heterocycles. The number of aliphatic carboxylic acids is 1. The third-order valence-corrected chi connectivity index (χ3v) is 3.08. The molecule has 1 aliphatic rings. The molecule has 1 fully saturated rings. The van der Waals surface area contributed by atoms with E-state index in [4.69, 9.17) is 5.11 Å². The zero-order valence-electron chi connectivity index (χ0n) is 10.6. The number of hydrogen-bond donors (Lipinski definition) is 2. The van der Waals surface area contributed by atoms with Gasteiger partial charge in [0, 0.05) is 26.1 Å². The van der Waals surface area contributed by atoms with Crippen molar-refractivity contribution in [2.75, 3.05) is 19.6 Å². The number of nitrogens with zero attached hydrogens (tertiary/aromatic N) is 1. The normalized spacial score (nSPS) is 25.5. The van der Waals surface area contributed by atoms with Gasteiger partial charge in [-0.25, -0.2) is 0 Å². The minimum Gasteiger partial charge on any atom is -0.480 e. The van der Waals surface area contributed by atoms with Crippen LogP contribution in [0.1, 0.15) is 33.1 Å². The van der Waals surface area contributed by atoms with Crippen LogP contribution in [0.15, 0.2) is 0 Å². The number of hydrogen-bond acceptors (Lipinski definition) is 3. The average molecular weight is 242 g/mol. The fourth-order valence-corrected chi connectivity index (χ4v) is 2.63. The maximum absolute atomic E-state index is 11.1. The zero-order chi connectivity index (χ0) is 12.8. The quantitative estimate of drug-likeness (QED) is 0.744. The molecule has 2 N–H and O–H groups in total. The van der Waals surface area contributed by atoms with Crippen LogP contribution in [0, 0.1) is 5.92 Å². The summed E-state index contributed by atoms with van der Waals surface area (Å²) < 4.78 is 0. The number of nitrogens with one attached hydrogen (secondary N) is 1. The Kier molecular flexibility index (Phi) is 5.41. The van der Waals surface area contributed by atoms with E-state index < -0.39 is 5.97 Å². The first-order valence-electron chi connectivity index (χ1n) is 6.22. The lowest BCUT2D eigenvalue weighted by Gasteiger charge is -2.37. The van der Waals surface area contributed by atoms with Gasteiger partial charge in [-0.3, -0.25) is 14.5 Å². The maximum atomic E-state index is 11.1. The largest absolute Gasteiger partial charge is 0.480 e. The minimum atomic E-state index is -0.802. The van der Waals surface area contributed by atoms with Crippen molar-refractivity contribution in [3.63, 3.8) is 0 Å². The van der Waals surface area contributed by atoms with Gasteiger partial charge >= 0.3 is 5.97 Å². The molecule has 17 heavy (non-hydrogen) atoms. The standard InChI is InChI=1S/C12H22N2O3/c1-3-4-10-5-11(13-9(2)15)7-14(6-10)8-12(16)17/h10-11H,3-8H2,1-2H3,(H,13,15)(H,16,17). The Hall–Kier alpha value is -1.10. The number of carbonyl (C=O) groups is 2. The van der Waals surface area contributed by atoms with Crippen LogP contribution in [0.5, 0.6) is 0 Å². The number of rotatable bonds is 5. The third kappa shape index (κ3) is 5.17. The van der Waals surface area contributed by atoms with Crippen molar-refractivity contribution in [1.82, 2.24) is 10.2 Å². The van der Waals surface area contributed by atoms with E-state index in [0.717, 1.165) is 25.8 Å². The molecule has 0 spiro atoms. The fourth-order valence-electron chi connectivity index (χ4n) is 2.63. The van der Waals surface area contributed by atoms with E-state index in [1.165, 1.54) is 6.92 Å². The van der Waals surface area contributed by atoms with Gasteiger partial charge in [0.2, 0.25) is 5.91 Å². The van der Waals surface area contributed by atoms with Crippen LogP contribution in [0.3, 0.4) is 0 Å². The van der Waals surface area contributed by atoms with Gasteiger partial charge in [0.25, 0.3) is 0 Å². The van der Waals surface area contributed by atoms with E-state index in [-0.39, 0.29) is 18.5 Å². The van der Waals surface area contributed by atoms with Crippen LogP contribution >= 0.6 is 0 Å². The Morgan fingerprint density at radius 2 is 2.12 bits per heavy atom. The van der Waals surface area contributed by atoms with Gasteiger partial charge in [0.05, 0.1) is 6.54 Å². The highest BCUT2D eigenvalue weighted by molar-refractivity contribution is 5.73. The third-order valence-electron chi connectivity index (χ3n) is 3.08. The summed E-state index contributed by atoms with van der Waals surface area (Å²) in [6, 6.07) is 0.0946. The predicted molar refractivity (Wildman–Crippen MR) is 64.7 cm³/mol. The maximum Gasteiger partial charge on any atom is 0.317 e. The van der Waals surface area contributed by atoms with Crippen LogP contribution in [-0.4, -0.2) is 47.6 Å². The van der Waals surface area contributed by atoms with E-state index in [0.29, 0.717) is 12.5 Å². The van der Waals surface area contributed by atoms with Gasteiger partial charge < -0.3 is 10.4 Å². The molecule has 98 valence electrons. The van der Waals surface area contributed by atoms with Crippen LogP contribution in [0.25, 0.3) is 0 Å². The first-order chi connectivity index (χ1) is 8.01. The van der Waals surface area contributed by atoms with Crippen molar-refractivity contribution in [3.05, 3.63) is 0 Å². The molecule has 0 saturated carbocycles. The van der Waals surface area contributed by atoms with Gasteiger partial charge in [-0.15, -0.1) is 0 Å². The molecular weight excluding hydrogens is 220 g/mol. The molecule has 1 rings (SSSR count). The van der Waals surface area contributed by atoms with E-state index in [1.807, 2.05) is 4.90 Å². The molecule has 1 amide bonds. The van der Waals surface area contributed by atoms with Gasteiger partial charge in [-0.2, -0.15) is 0 Å². The van der Waals surface area contributed by atoms with Gasteiger partial charge in [-0.1, -0.05) is 13.3 Å². The fraction of sp³-hybridized carbons (Fsp3) is 0.833. The van der Waals surface area contributed by atoms with Crippen molar-refractivity contribution < 1.29 is 14.7 Å². The molecule has 0 bridgehead atoms. The predicted octanol–water partition coefficient (Wildman–Crippen LogP) is 0.698. The molecule has 1 aliphatic heterocycles. The van der Waals surface area contributed by atoms with Crippen LogP contribution in [-0.2, 0) is 9.59 Å². The second-order valence-corrected chi connectivity index (χ2v) is 4.88. The Balaban J connectivity index is 2.55. The first kappa shape index (κ1) is 14.0. The van der Waals surface area contributed by atoms with Gasteiger partial charge in [0.1, 0.15) is 0 Å². The summed E-state index contributed by atoms with van der Waals surface area (Å²) in [6.45, 7) is 5.17. The summed E-state index contributed by atoms with van der Waals surface area (Å²) in [7, 11) is 0. The number of piperidine rings is 1. The van der Waals surface area contributed by atoms with Crippen LogP contribution in [0.2, 0.25) is 0 Å². The number of carbonyl (C=O) groups excluding carboxylic acids is 1. The molecule has 0 aromatic heterocycles. The molecule has 5 heteroatoms. The summed E-state index contributed by atoms with van der Waals surface area (Å²) in [5.41, 5.74) is 0. The van der Waals surface area contributed by atoms with Crippen molar-refractivity contribution in [2.45, 2.75) is 39.2 Å². The van der Waals surface area contributed by atoms with E-state index in [9.17, 15) is 9.59 Å². The first-order valence-corrected chi connectivity index (χ1v) is 6.22. The topological polar surface area (TPSA) is 69.6 Å². The van der Waals surface area contributed by atoms with Crippen molar-refractivity contribution in [2.24, 2.45) is 5.92 Å². The lowest BCUT2D eigenvalue weighted by Crippen LogP contribution is -2.51. The Labute approximate surface area is 102 Å². The summed E-state index contributed by atoms with van der Waals surface area (Å²) in [5, 5.41) is 11.7. The van der Waals surface area contributed by atoms with E-state index >= 15 is 0 Å². The molecule has 5 nitrogen and oxygen atoms in total. The zero-order valence-corrected chi connectivity index (χ0v) is 10.6. The van der Waals surface area contributed by atoms with Crippen molar-refractivity contribution >= 4 is 11.9 Å². The Morgan fingerprint density at radius 1 is 1.41 bits per heavy atom. The average Bonchev–Trinajstić information content (AvgIpc) is 2.14.